The van der Waals surface area contributed by atoms with Crippen LogP contribution in [0.1, 0.15) is 165 Å². The number of fused-ring (bicyclic) bond motifs is 4. The highest BCUT2D eigenvalue weighted by atomic mass is 127. The van der Waals surface area contributed by atoms with E-state index >= 15 is 0 Å². The number of ether oxygens (including phenoxy) is 4. The number of nitrogens with two attached hydrogens (primary N) is 1. The first-order valence-corrected chi connectivity index (χ1v) is 30.7. The zero-order valence-corrected chi connectivity index (χ0v) is 52.7. The Hall–Kier alpha value is -5.61. The fraction of sp³-hybridized carbons (Fsp3) is 0.567. The highest BCUT2D eigenvalue weighted by Crippen LogP contribution is 2.54. The summed E-state index contributed by atoms with van der Waals surface area (Å²) in [6, 6.07) is 17.9. The number of rotatable bonds is 7. The molecule has 2 spiro atoms. The van der Waals surface area contributed by atoms with Crippen molar-refractivity contribution in [3.63, 3.8) is 0 Å². The van der Waals surface area contributed by atoms with Crippen LogP contribution >= 0.6 is 56.8 Å². The molecule has 3 N–H and O–H groups in total. The quantitative estimate of drug-likeness (QED) is 0.0854. The molecule has 8 heterocycles. The normalized spacial score (nSPS) is 20.3. The van der Waals surface area contributed by atoms with E-state index in [0.29, 0.717) is 45.9 Å². The lowest BCUT2D eigenvalue weighted by atomic mass is 9.70. The van der Waals surface area contributed by atoms with E-state index in [0.717, 1.165) is 115 Å². The molecule has 90 heavy (non-hydrogen) atoms. The first kappa shape index (κ1) is 75.1. The standard InChI is InChI=1S/C27H32IN5O3.C13H14ClIN4O3.C13H18N2.2C2HF3O2.3CH4/c1-17-20-8-4-3-7-19(20)15-27(17)10-12-32(13-11-27)25-21(16-36-18(2)34)29-23-24(28)31-33(26(23)30-25)22-9-5-6-14-35-22;1-7(20)22-6-8-11(14)17-13-10(16-8)12(15)18-19(13)9-4-2-3-5-21-9;14-12-11-4-2-1-3-10(11)9-13(12)5-7-15-8-6-13;2*3-2(4,5)1(6)7;;;/h3-4,7-8,17,22H,5-6,9-16H2,1-2H3;9H,2-6H2,1H3;1-4,12,15H,5-9,14H2;2*(H,6,7);3*1H4/p-2. The summed E-state index contributed by atoms with van der Waals surface area (Å²) in [4.78, 5) is 61.4. The fourth-order valence-electron chi connectivity index (χ4n) is 11.9. The molecule has 4 saturated heterocycles. The highest BCUT2D eigenvalue weighted by molar-refractivity contribution is 14.1. The summed E-state index contributed by atoms with van der Waals surface area (Å²) < 4.78 is 90.4. The van der Waals surface area contributed by atoms with Crippen LogP contribution in [0.3, 0.4) is 0 Å². The predicted octanol–water partition coefficient (Wildman–Crippen LogP) is 10.1. The van der Waals surface area contributed by atoms with Crippen LogP contribution in [0.15, 0.2) is 48.5 Å². The van der Waals surface area contributed by atoms with E-state index in [9.17, 15) is 35.9 Å². The zero-order valence-electron chi connectivity index (χ0n) is 47.7. The van der Waals surface area contributed by atoms with Crippen LogP contribution in [0, 0.1) is 18.2 Å². The largest absolute Gasteiger partial charge is 0.542 e. The fourth-order valence-corrected chi connectivity index (χ4v) is 13.2. The van der Waals surface area contributed by atoms with Crippen molar-refractivity contribution in [2.24, 2.45) is 16.6 Å². The van der Waals surface area contributed by atoms with Gasteiger partial charge in [-0.25, -0.2) is 29.3 Å². The third-order valence-corrected chi connectivity index (χ3v) is 18.2. The molecule has 21 nitrogen and oxygen atoms in total. The van der Waals surface area contributed by atoms with Gasteiger partial charge in [0.25, 0.3) is 0 Å². The minimum absolute atomic E-state index is 0. The Kier molecular flexibility index (Phi) is 27.0. The third-order valence-electron chi connectivity index (χ3n) is 16.4. The molecule has 0 amide bonds. The van der Waals surface area contributed by atoms with E-state index in [1.165, 1.54) is 55.4 Å². The van der Waals surface area contributed by atoms with Crippen molar-refractivity contribution in [1.29, 1.82) is 0 Å². The molecule has 4 aromatic heterocycles. The van der Waals surface area contributed by atoms with Crippen molar-refractivity contribution >= 4 is 109 Å². The van der Waals surface area contributed by atoms with Gasteiger partial charge in [-0.1, -0.05) is 89.3 Å². The van der Waals surface area contributed by atoms with E-state index in [2.05, 4.69) is 126 Å². The van der Waals surface area contributed by atoms with Crippen molar-refractivity contribution in [1.82, 2.24) is 44.8 Å². The van der Waals surface area contributed by atoms with Crippen LogP contribution in [-0.2, 0) is 64.2 Å². The maximum Gasteiger partial charge on any atom is 0.430 e. The number of anilines is 1. The number of nitrogens with one attached hydrogen (secondary N) is 1. The molecule has 6 aliphatic rings. The van der Waals surface area contributed by atoms with Crippen molar-refractivity contribution < 1.29 is 74.7 Å². The Morgan fingerprint density at radius 2 is 1.11 bits per heavy atom. The molecule has 4 unspecified atom stereocenters. The van der Waals surface area contributed by atoms with Gasteiger partial charge in [0.1, 0.15) is 47.6 Å². The number of nitrogens with zero attached hydrogens (tertiary/aromatic N) is 9. The molecule has 6 aromatic rings. The van der Waals surface area contributed by atoms with E-state index in [1.807, 2.05) is 4.68 Å². The first-order valence-electron chi connectivity index (χ1n) is 28.2. The molecule has 0 saturated carbocycles. The number of carbonyl (C=O) groups excluding carboxylic acids is 4. The number of benzene rings is 2. The number of carboxylic acid groups (broad SMARTS) is 2. The monoisotopic (exact) mass is 1510 g/mol. The molecule has 0 bridgehead atoms. The van der Waals surface area contributed by atoms with Gasteiger partial charge in [-0.3, -0.25) is 9.59 Å². The number of piperidine rings is 2. The number of aliphatic carboxylic acids is 2. The maximum absolute atomic E-state index is 11.6. The topological polar surface area (TPSA) is 280 Å². The molecule has 4 fully saturated rings. The molecular formula is C60H76ClF6I2N11O10-2. The van der Waals surface area contributed by atoms with Gasteiger partial charge < -0.3 is 54.7 Å². The highest BCUT2D eigenvalue weighted by Gasteiger charge is 2.46. The summed E-state index contributed by atoms with van der Waals surface area (Å²) in [6.45, 7) is 10.8. The van der Waals surface area contributed by atoms with Gasteiger partial charge in [-0.2, -0.15) is 36.5 Å². The molecule has 30 heteroatoms. The molecule has 12 rings (SSSR count). The lowest BCUT2D eigenvalue weighted by Crippen LogP contribution is -2.42. The molecule has 4 atom stereocenters. The lowest BCUT2D eigenvalue weighted by Gasteiger charge is -2.43. The molecular weight excluding hydrogens is 1440 g/mol. The minimum atomic E-state index is -5.19. The second kappa shape index (κ2) is 32.3. The SMILES string of the molecule is C.C.C.CC(=O)OCc1nc2c(I)nn(C3CCCCO3)c2nc1Cl.CC(=O)OCc1nc2c(I)nn(C3CCCCO3)c2nc1N1CCC2(CC1)Cc1ccccc1C2C.NC1c2ccccc2CC12CCNCC2.O=C([O-])C(F)(F)F.O=C([O-])C(F)(F)F. The van der Waals surface area contributed by atoms with E-state index in [4.69, 9.17) is 71.2 Å². The Bertz CT molecular complexity index is 3400. The Labute approximate surface area is 550 Å². The predicted molar refractivity (Wildman–Crippen MR) is 336 cm³/mol. The van der Waals surface area contributed by atoms with Gasteiger partial charge >= 0.3 is 24.3 Å². The van der Waals surface area contributed by atoms with Gasteiger partial charge in [-0.05, 0) is 174 Å². The number of hydrogen-bond donors (Lipinski definition) is 2. The van der Waals surface area contributed by atoms with Crippen molar-refractivity contribution in [2.75, 3.05) is 44.3 Å². The molecule has 4 aliphatic heterocycles. The molecule has 496 valence electrons. The van der Waals surface area contributed by atoms with E-state index in [-0.39, 0.29) is 71.1 Å². The summed E-state index contributed by atoms with van der Waals surface area (Å²) in [5.41, 5.74) is 16.8. The Morgan fingerprint density at radius 3 is 1.56 bits per heavy atom. The summed E-state index contributed by atoms with van der Waals surface area (Å²) in [5, 5.41) is 30.4. The summed E-state index contributed by atoms with van der Waals surface area (Å²) in [5.74, 6) is -5.37. The molecule has 0 radical (unpaired) electrons. The van der Waals surface area contributed by atoms with Crippen LogP contribution in [0.25, 0.3) is 22.3 Å². The van der Waals surface area contributed by atoms with Crippen LogP contribution in [-0.4, -0.2) is 115 Å². The maximum atomic E-state index is 11.6. The van der Waals surface area contributed by atoms with Crippen LogP contribution in [0.2, 0.25) is 5.15 Å². The van der Waals surface area contributed by atoms with E-state index < -0.39 is 24.3 Å². The number of hydrogen-bond acceptors (Lipinski definition) is 19. The number of aromatic nitrogens is 8. The van der Waals surface area contributed by atoms with Crippen LogP contribution < -0.4 is 26.2 Å². The second-order valence-corrected chi connectivity index (χ2v) is 24.4. The van der Waals surface area contributed by atoms with Gasteiger partial charge in [0.2, 0.25) is 0 Å². The van der Waals surface area contributed by atoms with Crippen LogP contribution in [0.4, 0.5) is 32.2 Å². The zero-order chi connectivity index (χ0) is 63.0. The molecule has 2 aliphatic carbocycles. The number of carboxylic acids is 2. The Morgan fingerprint density at radius 1 is 0.678 bits per heavy atom. The Balaban J connectivity index is 0.000000232. The smallest absolute Gasteiger partial charge is 0.430 e. The summed E-state index contributed by atoms with van der Waals surface area (Å²) in [6.07, 6.45) is 2.49. The van der Waals surface area contributed by atoms with Gasteiger partial charge in [-0.15, -0.1) is 0 Å². The average Bonchev–Trinajstić information content (AvgIpc) is 1.62. The number of halogens is 9. The number of alkyl halides is 6. The van der Waals surface area contributed by atoms with Gasteiger partial charge in [0.05, 0.1) is 0 Å². The average molecular weight is 1510 g/mol. The number of carbonyl (C=O) groups is 4. The lowest BCUT2D eigenvalue weighted by molar-refractivity contribution is -0.344. The molecule has 2 aromatic carbocycles. The van der Waals surface area contributed by atoms with Crippen molar-refractivity contribution in [3.8, 4) is 0 Å². The first-order chi connectivity index (χ1) is 41.2. The van der Waals surface area contributed by atoms with Gasteiger partial charge in [0.15, 0.2) is 42.1 Å². The second-order valence-electron chi connectivity index (χ2n) is 22.0. The summed E-state index contributed by atoms with van der Waals surface area (Å²) in [7, 11) is 0. The van der Waals surface area contributed by atoms with Crippen molar-refractivity contribution in [3.05, 3.63) is 94.7 Å². The minimum Gasteiger partial charge on any atom is -0.542 e. The van der Waals surface area contributed by atoms with Crippen molar-refractivity contribution in [2.45, 2.75) is 170 Å². The third kappa shape index (κ3) is 17.9. The number of esters is 2. The summed E-state index contributed by atoms with van der Waals surface area (Å²) >= 11 is 10.5. The van der Waals surface area contributed by atoms with Crippen LogP contribution in [0.5, 0.6) is 0 Å². The van der Waals surface area contributed by atoms with E-state index in [1.54, 1.807) is 4.68 Å². The van der Waals surface area contributed by atoms with Gasteiger partial charge in [0, 0.05) is 46.2 Å².